The molecule has 1 aromatic carbocycles. The molecule has 2 atom stereocenters. The van der Waals surface area contributed by atoms with Crippen LogP contribution in [0.25, 0.3) is 0 Å². The van der Waals surface area contributed by atoms with Crippen molar-refractivity contribution in [3.8, 4) is 0 Å². The van der Waals surface area contributed by atoms with Gasteiger partial charge in [-0.1, -0.05) is 30.7 Å². The van der Waals surface area contributed by atoms with E-state index in [9.17, 15) is 4.21 Å². The maximum Gasteiger partial charge on any atom is 0.232 e. The van der Waals surface area contributed by atoms with E-state index in [1.54, 1.807) is 12.1 Å². The zero-order valence-electron chi connectivity index (χ0n) is 7.74. The molecule has 2 N–H and O–H groups in total. The fourth-order valence-corrected chi connectivity index (χ4v) is 1.88. The number of halogens is 1. The van der Waals surface area contributed by atoms with E-state index in [0.717, 1.165) is 12.0 Å². The summed E-state index contributed by atoms with van der Waals surface area (Å²) in [5.74, 6) is 0. The van der Waals surface area contributed by atoms with Crippen LogP contribution in [0.5, 0.6) is 0 Å². The fourth-order valence-electron chi connectivity index (χ4n) is 1.20. The minimum atomic E-state index is -1.98. The van der Waals surface area contributed by atoms with Gasteiger partial charge < -0.3 is 0 Å². The Balaban J connectivity index is 2.78. The Hall–Kier alpha value is -0.420. The van der Waals surface area contributed by atoms with Gasteiger partial charge in [0.15, 0.2) is 0 Å². The standard InChI is InChI=1S/C9H12ClNO2S/c1-2-9(11-14(12)13)7-3-5-8(10)6-4-7/h3-6,9,11H,2H2,1H3,(H,12,13). The lowest BCUT2D eigenvalue weighted by atomic mass is 10.1. The average molecular weight is 234 g/mol. The van der Waals surface area contributed by atoms with Crippen LogP contribution >= 0.6 is 11.6 Å². The van der Waals surface area contributed by atoms with E-state index >= 15 is 0 Å². The van der Waals surface area contributed by atoms with Crippen LogP contribution in [0.15, 0.2) is 24.3 Å². The van der Waals surface area contributed by atoms with Gasteiger partial charge in [-0.05, 0) is 24.1 Å². The lowest BCUT2D eigenvalue weighted by Gasteiger charge is -2.14. The highest BCUT2D eigenvalue weighted by molar-refractivity contribution is 7.77. The fraction of sp³-hybridized carbons (Fsp3) is 0.333. The summed E-state index contributed by atoms with van der Waals surface area (Å²) in [6.45, 7) is 1.94. The zero-order valence-corrected chi connectivity index (χ0v) is 9.31. The molecule has 0 aliphatic rings. The molecule has 3 nitrogen and oxygen atoms in total. The molecule has 0 fully saturated rings. The van der Waals surface area contributed by atoms with Crippen LogP contribution in [-0.4, -0.2) is 8.76 Å². The van der Waals surface area contributed by atoms with Crippen LogP contribution in [0.3, 0.4) is 0 Å². The van der Waals surface area contributed by atoms with Crippen molar-refractivity contribution in [1.82, 2.24) is 4.72 Å². The minimum Gasteiger partial charge on any atom is -0.294 e. The smallest absolute Gasteiger partial charge is 0.232 e. The summed E-state index contributed by atoms with van der Waals surface area (Å²) < 4.78 is 21.8. The third kappa shape index (κ3) is 3.38. The molecular weight excluding hydrogens is 222 g/mol. The average Bonchev–Trinajstić information content (AvgIpc) is 2.15. The number of benzene rings is 1. The molecule has 0 saturated heterocycles. The summed E-state index contributed by atoms with van der Waals surface area (Å²) in [5, 5.41) is 0.661. The molecule has 1 aromatic rings. The molecule has 0 amide bonds. The molecular formula is C9H12ClNO2S. The predicted octanol–water partition coefficient (Wildman–Crippen LogP) is 2.52. The maximum absolute atomic E-state index is 10.6. The van der Waals surface area contributed by atoms with Gasteiger partial charge in [0.2, 0.25) is 11.3 Å². The first-order valence-electron chi connectivity index (χ1n) is 4.26. The first-order chi connectivity index (χ1) is 6.63. The highest BCUT2D eigenvalue weighted by Gasteiger charge is 2.10. The largest absolute Gasteiger partial charge is 0.294 e. The first-order valence-corrected chi connectivity index (χ1v) is 5.74. The highest BCUT2D eigenvalue weighted by Crippen LogP contribution is 2.19. The van der Waals surface area contributed by atoms with Crippen LogP contribution in [0, 0.1) is 0 Å². The van der Waals surface area contributed by atoms with Crippen LogP contribution in [0.1, 0.15) is 24.9 Å². The van der Waals surface area contributed by atoms with E-state index in [-0.39, 0.29) is 6.04 Å². The molecule has 0 saturated carbocycles. The Morgan fingerprint density at radius 3 is 2.50 bits per heavy atom. The van der Waals surface area contributed by atoms with Gasteiger partial charge in [-0.2, -0.15) is 0 Å². The Morgan fingerprint density at radius 1 is 1.50 bits per heavy atom. The van der Waals surface area contributed by atoms with Crippen molar-refractivity contribution in [2.24, 2.45) is 0 Å². The van der Waals surface area contributed by atoms with Gasteiger partial charge in [-0.25, -0.2) is 8.93 Å². The van der Waals surface area contributed by atoms with Crippen molar-refractivity contribution < 1.29 is 8.76 Å². The van der Waals surface area contributed by atoms with Gasteiger partial charge in [0.05, 0.1) is 0 Å². The second-order valence-electron chi connectivity index (χ2n) is 2.88. The SMILES string of the molecule is CCC(NS(=O)O)c1ccc(Cl)cc1. The van der Waals surface area contributed by atoms with Crippen molar-refractivity contribution in [2.75, 3.05) is 0 Å². The molecule has 0 spiro atoms. The molecule has 1 rings (SSSR count). The van der Waals surface area contributed by atoms with E-state index < -0.39 is 11.3 Å². The number of rotatable bonds is 4. The molecule has 0 aliphatic carbocycles. The normalized spacial score (nSPS) is 15.1. The lowest BCUT2D eigenvalue weighted by Crippen LogP contribution is -2.22. The number of hydrogen-bond donors (Lipinski definition) is 2. The summed E-state index contributed by atoms with van der Waals surface area (Å²) >= 11 is 3.75. The van der Waals surface area contributed by atoms with Gasteiger partial charge in [-0.15, -0.1) is 0 Å². The van der Waals surface area contributed by atoms with Crippen molar-refractivity contribution >= 4 is 22.9 Å². The Morgan fingerprint density at radius 2 is 2.07 bits per heavy atom. The zero-order chi connectivity index (χ0) is 10.6. The minimum absolute atomic E-state index is 0.113. The van der Waals surface area contributed by atoms with Gasteiger partial charge in [0.25, 0.3) is 0 Å². The summed E-state index contributed by atoms with van der Waals surface area (Å²) in [6.07, 6.45) is 0.744. The topological polar surface area (TPSA) is 49.3 Å². The third-order valence-corrected chi connectivity index (χ3v) is 2.66. The van der Waals surface area contributed by atoms with E-state index in [1.807, 2.05) is 19.1 Å². The summed E-state index contributed by atoms with van der Waals surface area (Å²) in [4.78, 5) is 0. The summed E-state index contributed by atoms with van der Waals surface area (Å²) in [5.41, 5.74) is 0.958. The molecule has 78 valence electrons. The van der Waals surface area contributed by atoms with Crippen LogP contribution in [-0.2, 0) is 11.3 Å². The van der Waals surface area contributed by atoms with Crippen LogP contribution in [0.2, 0.25) is 5.02 Å². The molecule has 0 aliphatic heterocycles. The Kier molecular flexibility index (Phi) is 4.54. The highest BCUT2D eigenvalue weighted by atomic mass is 35.5. The first kappa shape index (κ1) is 11.7. The monoisotopic (exact) mass is 233 g/mol. The van der Waals surface area contributed by atoms with Crippen molar-refractivity contribution in [1.29, 1.82) is 0 Å². The summed E-state index contributed by atoms with van der Waals surface area (Å²) in [6, 6.07) is 7.11. The molecule has 0 radical (unpaired) electrons. The van der Waals surface area contributed by atoms with Gasteiger partial charge in [-0.3, -0.25) is 4.55 Å². The summed E-state index contributed by atoms with van der Waals surface area (Å²) in [7, 11) is 0. The van der Waals surface area contributed by atoms with Gasteiger partial charge in [0, 0.05) is 11.1 Å². The van der Waals surface area contributed by atoms with E-state index in [4.69, 9.17) is 16.2 Å². The molecule has 0 heterocycles. The second kappa shape index (κ2) is 5.46. The number of nitrogens with one attached hydrogen (secondary N) is 1. The lowest BCUT2D eigenvalue weighted by molar-refractivity contribution is 0.523. The van der Waals surface area contributed by atoms with Crippen molar-refractivity contribution in [3.05, 3.63) is 34.9 Å². The van der Waals surface area contributed by atoms with Crippen LogP contribution < -0.4 is 4.72 Å². The Labute approximate surface area is 90.9 Å². The molecule has 14 heavy (non-hydrogen) atoms. The maximum atomic E-state index is 10.6. The van der Waals surface area contributed by atoms with E-state index in [0.29, 0.717) is 5.02 Å². The third-order valence-electron chi connectivity index (χ3n) is 1.92. The number of hydrogen-bond acceptors (Lipinski definition) is 1. The predicted molar refractivity (Wildman–Crippen MR) is 58.4 cm³/mol. The van der Waals surface area contributed by atoms with Crippen LogP contribution in [0.4, 0.5) is 0 Å². The molecule has 5 heteroatoms. The quantitative estimate of drug-likeness (QED) is 0.786. The van der Waals surface area contributed by atoms with Crippen molar-refractivity contribution in [3.63, 3.8) is 0 Å². The van der Waals surface area contributed by atoms with Gasteiger partial charge in [0.1, 0.15) is 0 Å². The Bertz CT molecular complexity index is 315. The second-order valence-corrected chi connectivity index (χ2v) is 4.05. The molecule has 0 aromatic heterocycles. The van der Waals surface area contributed by atoms with Gasteiger partial charge >= 0.3 is 0 Å². The molecule has 0 bridgehead atoms. The molecule has 2 unspecified atom stereocenters. The van der Waals surface area contributed by atoms with Crippen molar-refractivity contribution in [2.45, 2.75) is 19.4 Å². The van der Waals surface area contributed by atoms with E-state index in [1.165, 1.54) is 0 Å². The van der Waals surface area contributed by atoms with E-state index in [2.05, 4.69) is 4.72 Å².